The fourth-order valence-electron chi connectivity index (χ4n) is 3.14. The van der Waals surface area contributed by atoms with Gasteiger partial charge in [-0.05, 0) is 19.3 Å². The Balaban J connectivity index is 0.000000573. The maximum Gasteiger partial charge on any atom is 0.0594 e. The molecule has 0 N–H and O–H groups in total. The van der Waals surface area contributed by atoms with Crippen molar-refractivity contribution in [3.05, 3.63) is 0 Å². The molecule has 116 valence electrons. The minimum absolute atomic E-state index is 0.544. The fraction of sp³-hybridized carbons (Fsp3) is 1.00. The van der Waals surface area contributed by atoms with E-state index >= 15 is 0 Å². The Morgan fingerprint density at radius 3 is 1.79 bits per heavy atom. The van der Waals surface area contributed by atoms with Gasteiger partial charge in [-0.15, -0.1) is 0 Å². The van der Waals surface area contributed by atoms with Gasteiger partial charge in [0, 0.05) is 18.6 Å². The van der Waals surface area contributed by atoms with Gasteiger partial charge in [0.1, 0.15) is 0 Å². The lowest BCUT2D eigenvalue weighted by Crippen LogP contribution is -2.54. The van der Waals surface area contributed by atoms with Crippen LogP contribution in [0.5, 0.6) is 0 Å². The zero-order valence-corrected chi connectivity index (χ0v) is 14.1. The predicted octanol–water partition coefficient (Wildman–Crippen LogP) is 4.87. The van der Waals surface area contributed by atoms with Crippen LogP contribution in [0.1, 0.15) is 79.6 Å². The van der Waals surface area contributed by atoms with Crippen LogP contribution in [0.25, 0.3) is 0 Å². The van der Waals surface area contributed by atoms with E-state index in [4.69, 9.17) is 4.74 Å². The highest BCUT2D eigenvalue weighted by atomic mass is 16.5. The lowest BCUT2D eigenvalue weighted by molar-refractivity contribution is -0.0390. The van der Waals surface area contributed by atoms with Crippen molar-refractivity contribution in [3.8, 4) is 0 Å². The standard InChI is InChI=1S/C12H23NO.C3H8.C2H6/c1-2-12(6-4-3-5-7-12)13-8-10-14-11-9-13;1-3-2;1-2/h2-11H2,1H3;3H2,1-2H3;1-2H3. The molecule has 2 fully saturated rings. The first kappa shape index (κ1) is 18.9. The molecule has 1 aliphatic heterocycles. The highest BCUT2D eigenvalue weighted by Gasteiger charge is 2.36. The summed E-state index contributed by atoms with van der Waals surface area (Å²) in [5, 5.41) is 0. The summed E-state index contributed by atoms with van der Waals surface area (Å²) >= 11 is 0. The molecule has 2 aliphatic rings. The largest absolute Gasteiger partial charge is 0.379 e. The molecule has 0 aromatic carbocycles. The van der Waals surface area contributed by atoms with E-state index in [1.807, 2.05) is 13.8 Å². The van der Waals surface area contributed by atoms with Crippen molar-refractivity contribution < 1.29 is 4.74 Å². The number of rotatable bonds is 2. The van der Waals surface area contributed by atoms with Crippen molar-refractivity contribution in [3.63, 3.8) is 0 Å². The number of morpholine rings is 1. The van der Waals surface area contributed by atoms with Gasteiger partial charge in [0.2, 0.25) is 0 Å². The van der Waals surface area contributed by atoms with Crippen LogP contribution < -0.4 is 0 Å². The average molecular weight is 271 g/mol. The van der Waals surface area contributed by atoms with Crippen LogP contribution in [0.15, 0.2) is 0 Å². The molecule has 2 heteroatoms. The molecule has 0 aromatic heterocycles. The summed E-state index contributed by atoms with van der Waals surface area (Å²) in [6.45, 7) is 14.8. The van der Waals surface area contributed by atoms with Gasteiger partial charge in [-0.25, -0.2) is 0 Å². The molecule has 0 bridgehead atoms. The van der Waals surface area contributed by atoms with Crippen molar-refractivity contribution >= 4 is 0 Å². The number of ether oxygens (including phenoxy) is 1. The molecule has 0 unspecified atom stereocenters. The van der Waals surface area contributed by atoms with E-state index in [1.165, 1.54) is 44.9 Å². The highest BCUT2D eigenvalue weighted by Crippen LogP contribution is 2.36. The second-order valence-corrected chi connectivity index (χ2v) is 5.45. The van der Waals surface area contributed by atoms with Crippen molar-refractivity contribution in [2.45, 2.75) is 85.1 Å². The van der Waals surface area contributed by atoms with Crippen molar-refractivity contribution in [1.82, 2.24) is 4.90 Å². The zero-order chi connectivity index (χ0) is 14.6. The molecule has 2 rings (SSSR count). The predicted molar refractivity (Wildman–Crippen MR) is 85.8 cm³/mol. The summed E-state index contributed by atoms with van der Waals surface area (Å²) < 4.78 is 5.44. The Bertz CT molecular complexity index is 182. The van der Waals surface area contributed by atoms with Gasteiger partial charge in [0.15, 0.2) is 0 Å². The number of nitrogens with zero attached hydrogens (tertiary/aromatic N) is 1. The maximum absolute atomic E-state index is 5.44. The second kappa shape index (κ2) is 11.7. The van der Waals surface area contributed by atoms with Crippen LogP contribution in [0.4, 0.5) is 0 Å². The van der Waals surface area contributed by atoms with E-state index in [-0.39, 0.29) is 0 Å². The average Bonchev–Trinajstić information content (AvgIpc) is 2.52. The Hall–Kier alpha value is -0.0800. The highest BCUT2D eigenvalue weighted by molar-refractivity contribution is 4.92. The third-order valence-corrected chi connectivity index (χ3v) is 4.12. The van der Waals surface area contributed by atoms with Gasteiger partial charge in [-0.2, -0.15) is 0 Å². The molecular formula is C17H37NO. The van der Waals surface area contributed by atoms with Gasteiger partial charge < -0.3 is 4.74 Å². The summed E-state index contributed by atoms with van der Waals surface area (Å²) in [5.74, 6) is 0. The molecule has 0 amide bonds. The van der Waals surface area contributed by atoms with Crippen LogP contribution >= 0.6 is 0 Å². The first-order valence-corrected chi connectivity index (χ1v) is 8.62. The monoisotopic (exact) mass is 271 g/mol. The van der Waals surface area contributed by atoms with E-state index in [2.05, 4.69) is 25.7 Å². The Morgan fingerprint density at radius 2 is 1.37 bits per heavy atom. The fourth-order valence-corrected chi connectivity index (χ4v) is 3.14. The Morgan fingerprint density at radius 1 is 0.895 bits per heavy atom. The first-order valence-electron chi connectivity index (χ1n) is 8.62. The minimum Gasteiger partial charge on any atom is -0.379 e. The number of hydrogen-bond acceptors (Lipinski definition) is 2. The Labute approximate surface area is 121 Å². The lowest BCUT2D eigenvalue weighted by atomic mass is 9.78. The van der Waals surface area contributed by atoms with Crippen LogP contribution in [0.2, 0.25) is 0 Å². The molecule has 0 spiro atoms. The summed E-state index contributed by atoms with van der Waals surface area (Å²) in [6.07, 6.45) is 9.74. The van der Waals surface area contributed by atoms with Gasteiger partial charge >= 0.3 is 0 Å². The normalized spacial score (nSPS) is 22.6. The zero-order valence-electron chi connectivity index (χ0n) is 14.1. The number of hydrogen-bond donors (Lipinski definition) is 0. The Kier molecular flexibility index (Phi) is 11.7. The molecule has 2 nitrogen and oxygen atoms in total. The summed E-state index contributed by atoms with van der Waals surface area (Å²) in [6, 6.07) is 0. The molecule has 1 heterocycles. The second-order valence-electron chi connectivity index (χ2n) is 5.45. The smallest absolute Gasteiger partial charge is 0.0594 e. The van der Waals surface area contributed by atoms with Crippen molar-refractivity contribution in [2.75, 3.05) is 26.3 Å². The summed E-state index contributed by atoms with van der Waals surface area (Å²) in [4.78, 5) is 2.70. The molecule has 0 radical (unpaired) electrons. The van der Waals surface area contributed by atoms with Crippen molar-refractivity contribution in [1.29, 1.82) is 0 Å². The summed E-state index contributed by atoms with van der Waals surface area (Å²) in [7, 11) is 0. The quantitative estimate of drug-likeness (QED) is 0.710. The van der Waals surface area contributed by atoms with Gasteiger partial charge in [-0.1, -0.05) is 60.3 Å². The van der Waals surface area contributed by atoms with Crippen LogP contribution in [0.3, 0.4) is 0 Å². The van der Waals surface area contributed by atoms with Gasteiger partial charge in [0.05, 0.1) is 13.2 Å². The third-order valence-electron chi connectivity index (χ3n) is 4.12. The molecule has 1 saturated carbocycles. The SMILES string of the molecule is CC.CCC.CCC1(N2CCOCC2)CCCCC1. The van der Waals surface area contributed by atoms with E-state index < -0.39 is 0 Å². The van der Waals surface area contributed by atoms with Crippen LogP contribution in [0, 0.1) is 0 Å². The molecular weight excluding hydrogens is 234 g/mol. The molecule has 0 atom stereocenters. The first-order chi connectivity index (χ1) is 9.29. The molecule has 1 aliphatic carbocycles. The topological polar surface area (TPSA) is 12.5 Å². The molecule has 0 aromatic rings. The van der Waals surface area contributed by atoms with Gasteiger partial charge in [-0.3, -0.25) is 4.90 Å². The van der Waals surface area contributed by atoms with Gasteiger partial charge in [0.25, 0.3) is 0 Å². The maximum atomic E-state index is 5.44. The summed E-state index contributed by atoms with van der Waals surface area (Å²) in [5.41, 5.74) is 0.544. The van der Waals surface area contributed by atoms with E-state index in [0.717, 1.165) is 26.3 Å². The third kappa shape index (κ3) is 6.27. The van der Waals surface area contributed by atoms with Crippen LogP contribution in [-0.2, 0) is 4.74 Å². The minimum atomic E-state index is 0.544. The molecule has 19 heavy (non-hydrogen) atoms. The molecule has 1 saturated heterocycles. The van der Waals surface area contributed by atoms with Crippen molar-refractivity contribution in [2.24, 2.45) is 0 Å². The van der Waals surface area contributed by atoms with E-state index in [9.17, 15) is 0 Å². The van der Waals surface area contributed by atoms with E-state index in [1.54, 1.807) is 0 Å². The lowest BCUT2D eigenvalue weighted by Gasteiger charge is -2.47. The van der Waals surface area contributed by atoms with E-state index in [0.29, 0.717) is 5.54 Å². The van der Waals surface area contributed by atoms with Crippen LogP contribution in [-0.4, -0.2) is 36.7 Å².